The number of piperazine rings is 1. The summed E-state index contributed by atoms with van der Waals surface area (Å²) in [6.07, 6.45) is 4.42. The molecule has 1 fully saturated rings. The molecule has 32 heavy (non-hydrogen) atoms. The van der Waals surface area contributed by atoms with Crippen molar-refractivity contribution in [2.45, 2.75) is 58.1 Å². The van der Waals surface area contributed by atoms with Gasteiger partial charge in [0.1, 0.15) is 12.0 Å². The van der Waals surface area contributed by atoms with Gasteiger partial charge in [0.15, 0.2) is 0 Å². The predicted molar refractivity (Wildman–Crippen MR) is 127 cm³/mol. The molecule has 1 N–H and O–H groups in total. The van der Waals surface area contributed by atoms with E-state index in [2.05, 4.69) is 34.9 Å². The van der Waals surface area contributed by atoms with Gasteiger partial charge in [-0.05, 0) is 86.4 Å². The largest absolute Gasteiger partial charge is 0.378 e. The van der Waals surface area contributed by atoms with Crippen LogP contribution in [0.1, 0.15) is 60.8 Å². The predicted octanol–water partition coefficient (Wildman–Crippen LogP) is 4.85. The molecule has 2 aromatic rings. The first-order valence-electron chi connectivity index (χ1n) is 11.9. The van der Waals surface area contributed by atoms with E-state index in [1.807, 2.05) is 13.0 Å². The highest BCUT2D eigenvalue weighted by molar-refractivity contribution is 5.40. The molecule has 1 heterocycles. The summed E-state index contributed by atoms with van der Waals surface area (Å²) in [6, 6.07) is 15.0. The molecule has 2 aromatic carbocycles. The van der Waals surface area contributed by atoms with E-state index < -0.39 is 6.23 Å². The van der Waals surface area contributed by atoms with Crippen molar-refractivity contribution in [3.63, 3.8) is 0 Å². The maximum Gasteiger partial charge on any atom is 0.123 e. The van der Waals surface area contributed by atoms with Crippen molar-refractivity contribution in [3.8, 4) is 6.07 Å². The number of nitriles is 1. The van der Waals surface area contributed by atoms with Crippen LogP contribution >= 0.6 is 0 Å². The average molecular weight is 438 g/mol. The van der Waals surface area contributed by atoms with Crippen LogP contribution in [0.4, 0.5) is 4.39 Å². The van der Waals surface area contributed by atoms with Crippen LogP contribution in [0.15, 0.2) is 42.5 Å². The Morgan fingerprint density at radius 1 is 1.06 bits per heavy atom. The molecule has 0 aliphatic carbocycles. The molecule has 3 rings (SSSR count). The third kappa shape index (κ3) is 6.87. The normalized spacial score (nSPS) is 17.1. The van der Waals surface area contributed by atoms with Crippen LogP contribution in [-0.4, -0.2) is 53.9 Å². The van der Waals surface area contributed by atoms with Crippen molar-refractivity contribution in [1.82, 2.24) is 9.80 Å². The van der Waals surface area contributed by atoms with Gasteiger partial charge in [-0.25, -0.2) is 4.39 Å². The van der Waals surface area contributed by atoms with E-state index in [0.29, 0.717) is 12.3 Å². The Morgan fingerprint density at radius 2 is 1.78 bits per heavy atom. The molecule has 0 aromatic heterocycles. The van der Waals surface area contributed by atoms with Crippen molar-refractivity contribution in [2.75, 3.05) is 32.7 Å². The maximum atomic E-state index is 13.0. The molecule has 1 saturated heterocycles. The van der Waals surface area contributed by atoms with Crippen molar-refractivity contribution in [1.29, 1.82) is 5.26 Å². The molecular formula is C27H36FN3O. The van der Waals surface area contributed by atoms with Gasteiger partial charge in [-0.15, -0.1) is 0 Å². The smallest absolute Gasteiger partial charge is 0.123 e. The second-order valence-electron chi connectivity index (χ2n) is 8.96. The molecule has 5 heteroatoms. The Labute approximate surface area is 192 Å². The molecule has 0 amide bonds. The fraction of sp³-hybridized carbons (Fsp3) is 0.519. The van der Waals surface area contributed by atoms with Crippen LogP contribution in [0.5, 0.6) is 0 Å². The maximum absolute atomic E-state index is 13.0. The molecular weight excluding hydrogens is 401 g/mol. The first-order chi connectivity index (χ1) is 15.5. The van der Waals surface area contributed by atoms with E-state index >= 15 is 0 Å². The van der Waals surface area contributed by atoms with Crippen LogP contribution in [0.3, 0.4) is 0 Å². The monoisotopic (exact) mass is 437 g/mol. The number of rotatable bonds is 10. The van der Waals surface area contributed by atoms with E-state index in [1.165, 1.54) is 17.7 Å². The molecule has 2 unspecified atom stereocenters. The van der Waals surface area contributed by atoms with Gasteiger partial charge >= 0.3 is 0 Å². The zero-order valence-electron chi connectivity index (χ0n) is 19.4. The van der Waals surface area contributed by atoms with Gasteiger partial charge in [0, 0.05) is 26.2 Å². The Hall–Kier alpha value is -2.26. The van der Waals surface area contributed by atoms with Crippen LogP contribution in [-0.2, 0) is 6.42 Å². The third-order valence-electron chi connectivity index (χ3n) is 6.79. The van der Waals surface area contributed by atoms with Gasteiger partial charge in [0.05, 0.1) is 11.6 Å². The van der Waals surface area contributed by atoms with Crippen molar-refractivity contribution in [3.05, 3.63) is 70.5 Å². The van der Waals surface area contributed by atoms with E-state index in [1.54, 1.807) is 12.1 Å². The summed E-state index contributed by atoms with van der Waals surface area (Å²) < 4.78 is 13.0. The minimum atomic E-state index is -0.439. The molecule has 2 atom stereocenters. The summed E-state index contributed by atoms with van der Waals surface area (Å²) >= 11 is 0. The highest BCUT2D eigenvalue weighted by Crippen LogP contribution is 2.26. The standard InChI is InChI=1S/C27H36FN3O/c1-3-23(24-9-10-25(20-29)21(2)19-24)5-4-14-30-15-17-31(18-16-30)27(32)13-8-22-6-11-26(28)12-7-22/h6-7,9-12,19,23,27,32H,3-5,8,13-18H2,1-2H3. The summed E-state index contributed by atoms with van der Waals surface area (Å²) in [7, 11) is 0. The lowest BCUT2D eigenvalue weighted by molar-refractivity contribution is -0.0296. The number of benzene rings is 2. The minimum absolute atomic E-state index is 0.220. The summed E-state index contributed by atoms with van der Waals surface area (Å²) in [5.74, 6) is 0.318. The van der Waals surface area contributed by atoms with Gasteiger partial charge in [0.25, 0.3) is 0 Å². The van der Waals surface area contributed by atoms with Gasteiger partial charge in [-0.2, -0.15) is 5.26 Å². The fourth-order valence-corrected chi connectivity index (χ4v) is 4.65. The van der Waals surface area contributed by atoms with Crippen LogP contribution in [0.2, 0.25) is 0 Å². The number of aliphatic hydroxyl groups is 1. The highest BCUT2D eigenvalue weighted by Gasteiger charge is 2.22. The number of nitrogens with zero attached hydrogens (tertiary/aromatic N) is 3. The third-order valence-corrected chi connectivity index (χ3v) is 6.79. The number of aryl methyl sites for hydroxylation is 2. The summed E-state index contributed by atoms with van der Waals surface area (Å²) in [4.78, 5) is 4.66. The molecule has 172 valence electrons. The Morgan fingerprint density at radius 3 is 2.41 bits per heavy atom. The molecule has 0 radical (unpaired) electrons. The Balaban J connectivity index is 1.37. The van der Waals surface area contributed by atoms with E-state index in [9.17, 15) is 9.50 Å². The second kappa shape index (κ2) is 12.1. The van der Waals surface area contributed by atoms with E-state index in [0.717, 1.165) is 75.1 Å². The SMILES string of the molecule is CCC(CCCN1CCN(C(O)CCc2ccc(F)cc2)CC1)c1ccc(C#N)c(C)c1. The minimum Gasteiger partial charge on any atom is -0.378 e. The number of aliphatic hydroxyl groups excluding tert-OH is 1. The first kappa shape index (κ1) is 24.4. The molecule has 1 aliphatic rings. The summed E-state index contributed by atoms with van der Waals surface area (Å²) in [5.41, 5.74) is 4.24. The molecule has 0 spiro atoms. The van der Waals surface area contributed by atoms with Crippen LogP contribution in [0, 0.1) is 24.1 Å². The number of halogens is 1. The van der Waals surface area contributed by atoms with Gasteiger partial charge in [-0.3, -0.25) is 4.90 Å². The lowest BCUT2D eigenvalue weighted by atomic mass is 9.90. The van der Waals surface area contributed by atoms with Crippen LogP contribution in [0.25, 0.3) is 0 Å². The highest BCUT2D eigenvalue weighted by atomic mass is 19.1. The zero-order chi connectivity index (χ0) is 22.9. The lowest BCUT2D eigenvalue weighted by Gasteiger charge is -2.37. The molecule has 0 saturated carbocycles. The van der Waals surface area contributed by atoms with E-state index in [-0.39, 0.29) is 5.82 Å². The molecule has 1 aliphatic heterocycles. The summed E-state index contributed by atoms with van der Waals surface area (Å²) in [6.45, 7) is 9.09. The second-order valence-corrected chi connectivity index (χ2v) is 8.96. The fourth-order valence-electron chi connectivity index (χ4n) is 4.65. The Bertz CT molecular complexity index is 885. The van der Waals surface area contributed by atoms with Gasteiger partial charge < -0.3 is 10.0 Å². The zero-order valence-corrected chi connectivity index (χ0v) is 19.4. The summed E-state index contributed by atoms with van der Waals surface area (Å²) in [5, 5.41) is 19.7. The quantitative estimate of drug-likeness (QED) is 0.577. The molecule has 0 bridgehead atoms. The van der Waals surface area contributed by atoms with Gasteiger partial charge in [-0.1, -0.05) is 31.2 Å². The first-order valence-corrected chi connectivity index (χ1v) is 11.9. The number of hydrogen-bond donors (Lipinski definition) is 1. The van der Waals surface area contributed by atoms with Crippen LogP contribution < -0.4 is 0 Å². The van der Waals surface area contributed by atoms with Gasteiger partial charge in [0.2, 0.25) is 0 Å². The Kier molecular flexibility index (Phi) is 9.23. The lowest BCUT2D eigenvalue weighted by Crippen LogP contribution is -2.50. The van der Waals surface area contributed by atoms with Crippen molar-refractivity contribution in [2.24, 2.45) is 0 Å². The molecule has 4 nitrogen and oxygen atoms in total. The number of hydrogen-bond acceptors (Lipinski definition) is 4. The van der Waals surface area contributed by atoms with Crippen molar-refractivity contribution >= 4 is 0 Å². The van der Waals surface area contributed by atoms with Crippen molar-refractivity contribution < 1.29 is 9.50 Å². The topological polar surface area (TPSA) is 50.5 Å². The average Bonchev–Trinajstić information content (AvgIpc) is 2.81. The van der Waals surface area contributed by atoms with E-state index in [4.69, 9.17) is 5.26 Å².